The molecule has 2 atom stereocenters. The zero-order valence-corrected chi connectivity index (χ0v) is 16.6. The summed E-state index contributed by atoms with van der Waals surface area (Å²) in [6.45, 7) is 1.24. The normalized spacial score (nSPS) is 16.0. The van der Waals surface area contributed by atoms with Crippen molar-refractivity contribution in [3.63, 3.8) is 0 Å². The number of ether oxygens (including phenoxy) is 3. The molecule has 0 saturated carbocycles. The second kappa shape index (κ2) is 9.11. The molecule has 3 aromatic carbocycles. The third-order valence-electron chi connectivity index (χ3n) is 4.77. The minimum Gasteiger partial charge on any atom is -0.492 e. The first-order chi connectivity index (χ1) is 14.2. The van der Waals surface area contributed by atoms with Crippen LogP contribution in [0.1, 0.15) is 11.5 Å². The van der Waals surface area contributed by atoms with E-state index in [0.29, 0.717) is 25.6 Å². The fourth-order valence-corrected chi connectivity index (χ4v) is 3.99. The zero-order valence-electron chi connectivity index (χ0n) is 15.8. The van der Waals surface area contributed by atoms with Crippen molar-refractivity contribution in [1.29, 1.82) is 0 Å². The Balaban J connectivity index is 1.30. The first-order valence-corrected chi connectivity index (χ1v) is 10.7. The molecule has 0 bridgehead atoms. The summed E-state index contributed by atoms with van der Waals surface area (Å²) in [5, 5.41) is 0. The maximum absolute atomic E-state index is 11.0. The maximum Gasteiger partial charge on any atom is 0.153 e. The van der Waals surface area contributed by atoms with Crippen LogP contribution in [0.3, 0.4) is 0 Å². The Kier molecular flexibility index (Phi) is 6.12. The van der Waals surface area contributed by atoms with Gasteiger partial charge in [-0.3, -0.25) is 0 Å². The number of hydrogen-bond donors (Lipinski definition) is 1. The molecule has 0 amide bonds. The Hall–Kier alpha value is -2.83. The predicted octanol–water partition coefficient (Wildman–Crippen LogP) is 4.51. The van der Waals surface area contributed by atoms with Gasteiger partial charge in [0.2, 0.25) is 0 Å². The highest BCUT2D eigenvalue weighted by atomic mass is 32.2. The Bertz CT molecular complexity index is 990. The molecule has 1 aliphatic rings. The van der Waals surface area contributed by atoms with Crippen LogP contribution in [0.25, 0.3) is 11.1 Å². The van der Waals surface area contributed by atoms with Crippen molar-refractivity contribution in [2.45, 2.75) is 5.92 Å². The van der Waals surface area contributed by atoms with Crippen LogP contribution in [0.2, 0.25) is 0 Å². The van der Waals surface area contributed by atoms with E-state index in [2.05, 4.69) is 18.2 Å². The second-order valence-electron chi connectivity index (χ2n) is 6.79. The lowest BCUT2D eigenvalue weighted by Gasteiger charge is -2.11. The summed E-state index contributed by atoms with van der Waals surface area (Å²) in [4.78, 5) is 0. The summed E-state index contributed by atoms with van der Waals surface area (Å²) in [5.41, 5.74) is 3.21. The minimum atomic E-state index is -1.83. The van der Waals surface area contributed by atoms with Crippen molar-refractivity contribution in [3.05, 3.63) is 78.4 Å². The van der Waals surface area contributed by atoms with E-state index in [-0.39, 0.29) is 11.7 Å². The highest BCUT2D eigenvalue weighted by Crippen LogP contribution is 2.36. The molecule has 0 saturated heterocycles. The van der Waals surface area contributed by atoms with Crippen molar-refractivity contribution >= 4 is 11.1 Å². The summed E-state index contributed by atoms with van der Waals surface area (Å²) >= 11 is -1.83. The van der Waals surface area contributed by atoms with Crippen molar-refractivity contribution < 1.29 is 23.0 Å². The first kappa shape index (κ1) is 19.5. The lowest BCUT2D eigenvalue weighted by atomic mass is 10.0. The molecule has 0 spiro atoms. The number of benzene rings is 3. The average molecular weight is 410 g/mol. The highest BCUT2D eigenvalue weighted by molar-refractivity contribution is 7.79. The molecule has 29 heavy (non-hydrogen) atoms. The lowest BCUT2D eigenvalue weighted by Crippen LogP contribution is -2.10. The largest absolute Gasteiger partial charge is 0.492 e. The Morgan fingerprint density at radius 1 is 0.897 bits per heavy atom. The van der Waals surface area contributed by atoms with Crippen LogP contribution in [-0.2, 0) is 11.1 Å². The predicted molar refractivity (Wildman–Crippen MR) is 113 cm³/mol. The molecule has 6 heteroatoms. The zero-order chi connectivity index (χ0) is 20.1. The Morgan fingerprint density at radius 2 is 1.62 bits per heavy atom. The van der Waals surface area contributed by atoms with E-state index in [0.717, 1.165) is 28.2 Å². The van der Waals surface area contributed by atoms with Crippen molar-refractivity contribution in [1.82, 2.24) is 0 Å². The topological polar surface area (TPSA) is 65.0 Å². The smallest absolute Gasteiger partial charge is 0.153 e. The fraction of sp³-hybridized carbons (Fsp3) is 0.217. The molecule has 0 aromatic heterocycles. The Morgan fingerprint density at radius 3 is 2.38 bits per heavy atom. The summed E-state index contributed by atoms with van der Waals surface area (Å²) in [7, 11) is 0. The van der Waals surface area contributed by atoms with Crippen LogP contribution in [0.15, 0.2) is 72.8 Å². The Labute approximate surface area is 172 Å². The van der Waals surface area contributed by atoms with Gasteiger partial charge in [-0.1, -0.05) is 48.5 Å². The molecule has 4 rings (SSSR count). The molecule has 2 unspecified atom stereocenters. The molecule has 1 N–H and O–H groups in total. The fourth-order valence-electron chi connectivity index (χ4n) is 3.37. The van der Waals surface area contributed by atoms with Crippen LogP contribution >= 0.6 is 0 Å². The molecular formula is C23H22O5S. The highest BCUT2D eigenvalue weighted by Gasteiger charge is 2.26. The van der Waals surface area contributed by atoms with Gasteiger partial charge in [0.05, 0.1) is 12.4 Å². The quantitative estimate of drug-likeness (QED) is 0.437. The van der Waals surface area contributed by atoms with E-state index in [4.69, 9.17) is 18.8 Å². The summed E-state index contributed by atoms with van der Waals surface area (Å²) < 4.78 is 37.4. The van der Waals surface area contributed by atoms with Crippen molar-refractivity contribution in [3.8, 4) is 28.4 Å². The van der Waals surface area contributed by atoms with Gasteiger partial charge < -0.3 is 18.8 Å². The van der Waals surface area contributed by atoms with Gasteiger partial charge in [-0.2, -0.15) is 0 Å². The summed E-state index contributed by atoms with van der Waals surface area (Å²) in [6.07, 6.45) is 0. The maximum atomic E-state index is 11.0. The number of hydrogen-bond acceptors (Lipinski definition) is 4. The monoisotopic (exact) mass is 410 g/mol. The van der Waals surface area contributed by atoms with E-state index in [1.165, 1.54) is 0 Å². The third-order valence-corrected chi connectivity index (χ3v) is 5.46. The molecule has 0 aliphatic carbocycles. The number of rotatable bonds is 8. The number of fused-ring (bicyclic) bond motifs is 1. The molecule has 0 radical (unpaired) electrons. The van der Waals surface area contributed by atoms with Gasteiger partial charge >= 0.3 is 0 Å². The van der Waals surface area contributed by atoms with E-state index < -0.39 is 11.1 Å². The third kappa shape index (κ3) is 4.96. The van der Waals surface area contributed by atoms with Crippen molar-refractivity contribution in [2.24, 2.45) is 0 Å². The van der Waals surface area contributed by atoms with Crippen LogP contribution in [0.4, 0.5) is 0 Å². The van der Waals surface area contributed by atoms with Crippen molar-refractivity contribution in [2.75, 3.05) is 25.6 Å². The van der Waals surface area contributed by atoms with E-state index in [1.807, 2.05) is 54.6 Å². The molecule has 1 aliphatic heterocycles. The van der Waals surface area contributed by atoms with Crippen LogP contribution in [0, 0.1) is 0 Å². The van der Waals surface area contributed by atoms with Crippen LogP contribution < -0.4 is 14.2 Å². The average Bonchev–Trinajstić information content (AvgIpc) is 3.13. The van der Waals surface area contributed by atoms with E-state index in [9.17, 15) is 4.21 Å². The summed E-state index contributed by atoms with van der Waals surface area (Å²) in [5.74, 6) is 2.34. The van der Waals surface area contributed by atoms with Crippen LogP contribution in [0.5, 0.6) is 17.2 Å². The van der Waals surface area contributed by atoms with Gasteiger partial charge in [0.1, 0.15) is 30.5 Å². The molecule has 3 aromatic rings. The van der Waals surface area contributed by atoms with Crippen LogP contribution in [-0.4, -0.2) is 34.3 Å². The van der Waals surface area contributed by atoms with Gasteiger partial charge in [-0.15, -0.1) is 0 Å². The second-order valence-corrected chi connectivity index (χ2v) is 7.76. The van der Waals surface area contributed by atoms with E-state index >= 15 is 0 Å². The van der Waals surface area contributed by atoms with Gasteiger partial charge in [0, 0.05) is 17.5 Å². The van der Waals surface area contributed by atoms with Gasteiger partial charge in [-0.25, -0.2) is 4.21 Å². The van der Waals surface area contributed by atoms with Gasteiger partial charge in [0.15, 0.2) is 11.1 Å². The molecule has 1 heterocycles. The SMILES string of the molecule is O=S(O)CC1COc2cc(OCCOc3cccc(-c4ccccc4)c3)ccc21. The van der Waals surface area contributed by atoms with Gasteiger partial charge in [0.25, 0.3) is 0 Å². The lowest BCUT2D eigenvalue weighted by molar-refractivity contribution is 0.216. The molecular weight excluding hydrogens is 388 g/mol. The minimum absolute atomic E-state index is 0.0508. The first-order valence-electron chi connectivity index (χ1n) is 9.44. The van der Waals surface area contributed by atoms with E-state index in [1.54, 1.807) is 0 Å². The van der Waals surface area contributed by atoms with Gasteiger partial charge in [-0.05, 0) is 29.3 Å². The standard InChI is InChI=1S/C23H22O5S/c24-29(25)16-19-15-28-23-14-21(9-10-22(19)23)27-12-11-26-20-8-4-7-18(13-20)17-5-2-1-3-6-17/h1-10,13-14,19H,11-12,15-16H2,(H,24,25). The molecule has 0 fully saturated rings. The molecule has 150 valence electrons. The molecule has 5 nitrogen and oxygen atoms in total. The summed E-state index contributed by atoms with van der Waals surface area (Å²) in [6, 6.07) is 23.7.